The van der Waals surface area contributed by atoms with Gasteiger partial charge in [-0.05, 0) is 38.5 Å². The summed E-state index contributed by atoms with van der Waals surface area (Å²) in [6.45, 7) is 6.68. The Kier molecular flexibility index (Phi) is 7.40. The average molecular weight is 294 g/mol. The van der Waals surface area contributed by atoms with Gasteiger partial charge in [0.1, 0.15) is 11.0 Å². The molecule has 0 heterocycles. The van der Waals surface area contributed by atoms with Crippen molar-refractivity contribution in [1.29, 1.82) is 5.26 Å². The number of benzene rings is 1. The quantitative estimate of drug-likeness (QED) is 0.848. The normalized spacial score (nSPS) is 12.2. The number of carbonyl (C=O) groups is 1. The number of hydrogen-bond acceptors (Lipinski definition) is 3. The Morgan fingerprint density at radius 3 is 2.45 bits per heavy atom. The molecule has 1 N–H and O–H groups in total. The summed E-state index contributed by atoms with van der Waals surface area (Å²) in [5.74, 6) is -0.833. The molecule has 0 aliphatic heterocycles. The molecular formula is C14H18N2O3S. The molecule has 1 atom stereocenters. The van der Waals surface area contributed by atoms with Crippen molar-refractivity contribution in [2.24, 2.45) is 4.40 Å². The highest BCUT2D eigenvalue weighted by Crippen LogP contribution is 2.12. The Morgan fingerprint density at radius 2 is 2.00 bits per heavy atom. The molecule has 0 saturated carbocycles. The number of carboxylic acid groups (broad SMARTS) is 1. The Balaban J connectivity index is 0.000000796. The lowest BCUT2D eigenvalue weighted by Crippen LogP contribution is -2.19. The zero-order valence-electron chi connectivity index (χ0n) is 12.0. The summed E-state index contributed by atoms with van der Waals surface area (Å²) in [5.41, 5.74) is 1.36. The minimum absolute atomic E-state index is 0.358. The van der Waals surface area contributed by atoms with Crippen molar-refractivity contribution < 1.29 is 14.1 Å². The molecule has 1 aromatic carbocycles. The van der Waals surface area contributed by atoms with Crippen molar-refractivity contribution in [3.8, 4) is 6.07 Å². The van der Waals surface area contributed by atoms with Crippen molar-refractivity contribution in [1.82, 2.24) is 0 Å². The topological polar surface area (TPSA) is 90.5 Å². The lowest BCUT2D eigenvalue weighted by atomic mass is 10.1. The number of nitriles is 1. The molecule has 1 rings (SSSR count). The van der Waals surface area contributed by atoms with Crippen LogP contribution < -0.4 is 0 Å². The molecular weight excluding hydrogens is 276 g/mol. The van der Waals surface area contributed by atoms with E-state index in [2.05, 4.69) is 4.40 Å². The summed E-state index contributed by atoms with van der Waals surface area (Å²) in [5, 5.41) is 16.1. The molecule has 0 aliphatic rings. The average Bonchev–Trinajstić information content (AvgIpc) is 2.34. The standard InChI is InChI=1S/C12H14N2OS.C2H4O2/c1-12(2,3)16(15)14-9-11-6-4-5-10(7-11)8-13;1-2(3)4/h4-7,9H,1-3H3;1H3,(H,3,4)/t16-;/m0./s1. The van der Waals surface area contributed by atoms with E-state index < -0.39 is 17.0 Å². The highest BCUT2D eigenvalue weighted by Gasteiger charge is 2.17. The third-order valence-electron chi connectivity index (χ3n) is 1.84. The molecule has 1 aromatic rings. The fourth-order valence-electron chi connectivity index (χ4n) is 0.955. The summed E-state index contributed by atoms with van der Waals surface area (Å²) in [6, 6.07) is 9.08. The van der Waals surface area contributed by atoms with Gasteiger partial charge in [0.25, 0.3) is 5.97 Å². The van der Waals surface area contributed by atoms with Crippen LogP contribution in [0.15, 0.2) is 28.7 Å². The van der Waals surface area contributed by atoms with Gasteiger partial charge in [0.15, 0.2) is 0 Å². The number of carboxylic acids is 1. The van der Waals surface area contributed by atoms with Crippen LogP contribution in [0.4, 0.5) is 0 Å². The minimum atomic E-state index is -1.26. The second-order valence-electron chi connectivity index (χ2n) is 4.85. The summed E-state index contributed by atoms with van der Waals surface area (Å²) in [6.07, 6.45) is 1.54. The second-order valence-corrected chi connectivity index (χ2v) is 6.79. The van der Waals surface area contributed by atoms with Crippen molar-refractivity contribution in [3.05, 3.63) is 35.4 Å². The van der Waals surface area contributed by atoms with Crippen LogP contribution >= 0.6 is 0 Å². The van der Waals surface area contributed by atoms with E-state index in [-0.39, 0.29) is 4.75 Å². The van der Waals surface area contributed by atoms with Crippen LogP contribution in [-0.4, -0.2) is 26.2 Å². The van der Waals surface area contributed by atoms with E-state index in [1.165, 1.54) is 0 Å². The van der Waals surface area contributed by atoms with E-state index in [0.29, 0.717) is 5.56 Å². The Labute approximate surface area is 121 Å². The van der Waals surface area contributed by atoms with Gasteiger partial charge in [0.05, 0.1) is 16.4 Å². The molecule has 0 radical (unpaired) electrons. The Hall–Kier alpha value is -2.00. The van der Waals surface area contributed by atoms with E-state index in [9.17, 15) is 4.21 Å². The molecule has 108 valence electrons. The number of nitrogens with zero attached hydrogens (tertiary/aromatic N) is 2. The Morgan fingerprint density at radius 1 is 1.45 bits per heavy atom. The molecule has 20 heavy (non-hydrogen) atoms. The molecule has 0 unspecified atom stereocenters. The predicted molar refractivity (Wildman–Crippen MR) is 80.0 cm³/mol. The van der Waals surface area contributed by atoms with Crippen LogP contribution in [0.5, 0.6) is 0 Å². The smallest absolute Gasteiger partial charge is 0.300 e. The SMILES string of the molecule is CC(=O)O.CC(C)(C)[S@](=O)N=Cc1cccc(C#N)c1. The first-order valence-corrected chi connectivity index (χ1v) is 6.93. The van der Waals surface area contributed by atoms with E-state index in [1.54, 1.807) is 24.4 Å². The molecule has 0 amide bonds. The summed E-state index contributed by atoms with van der Waals surface area (Å²) < 4.78 is 15.3. The predicted octanol–water partition coefficient (Wildman–Crippen LogP) is 2.53. The van der Waals surface area contributed by atoms with Crippen LogP contribution in [0.3, 0.4) is 0 Å². The van der Waals surface area contributed by atoms with Gasteiger partial charge in [-0.1, -0.05) is 12.1 Å². The van der Waals surface area contributed by atoms with Crippen molar-refractivity contribution in [3.63, 3.8) is 0 Å². The van der Waals surface area contributed by atoms with Gasteiger partial charge < -0.3 is 5.11 Å². The van der Waals surface area contributed by atoms with Crippen LogP contribution in [0.2, 0.25) is 0 Å². The molecule has 0 spiro atoms. The number of hydrogen-bond donors (Lipinski definition) is 1. The summed E-state index contributed by atoms with van der Waals surface area (Å²) in [4.78, 5) is 9.00. The monoisotopic (exact) mass is 294 g/mol. The van der Waals surface area contributed by atoms with Gasteiger partial charge in [0, 0.05) is 13.1 Å². The maximum Gasteiger partial charge on any atom is 0.300 e. The fourth-order valence-corrected chi connectivity index (χ4v) is 1.49. The van der Waals surface area contributed by atoms with Crippen molar-refractivity contribution in [2.45, 2.75) is 32.4 Å². The highest BCUT2D eigenvalue weighted by atomic mass is 32.2. The molecule has 0 aliphatic carbocycles. The largest absolute Gasteiger partial charge is 0.481 e. The van der Waals surface area contributed by atoms with E-state index in [0.717, 1.165) is 12.5 Å². The molecule has 0 aromatic heterocycles. The zero-order valence-corrected chi connectivity index (χ0v) is 12.8. The number of rotatable bonds is 2. The van der Waals surface area contributed by atoms with Crippen LogP contribution in [0.1, 0.15) is 38.8 Å². The van der Waals surface area contributed by atoms with E-state index in [1.807, 2.05) is 32.9 Å². The maximum atomic E-state index is 11.6. The lowest BCUT2D eigenvalue weighted by molar-refractivity contribution is -0.134. The molecule has 5 nitrogen and oxygen atoms in total. The van der Waals surface area contributed by atoms with Gasteiger partial charge in [0.2, 0.25) is 0 Å². The summed E-state index contributed by atoms with van der Waals surface area (Å²) >= 11 is 0. The van der Waals surface area contributed by atoms with Crippen LogP contribution in [-0.2, 0) is 15.8 Å². The van der Waals surface area contributed by atoms with Crippen LogP contribution in [0.25, 0.3) is 0 Å². The lowest BCUT2D eigenvalue weighted by Gasteiger charge is -2.12. The van der Waals surface area contributed by atoms with Gasteiger partial charge in [-0.15, -0.1) is 0 Å². The molecule has 0 saturated heterocycles. The van der Waals surface area contributed by atoms with Gasteiger partial charge in [-0.2, -0.15) is 9.66 Å². The van der Waals surface area contributed by atoms with Gasteiger partial charge >= 0.3 is 0 Å². The van der Waals surface area contributed by atoms with E-state index in [4.69, 9.17) is 15.2 Å². The highest BCUT2D eigenvalue weighted by molar-refractivity contribution is 7.85. The first kappa shape index (κ1) is 18.0. The van der Waals surface area contributed by atoms with E-state index >= 15 is 0 Å². The summed E-state index contributed by atoms with van der Waals surface area (Å²) in [7, 11) is -1.26. The third-order valence-corrected chi connectivity index (χ3v) is 3.18. The fraction of sp³-hybridized carbons (Fsp3) is 0.357. The molecule has 0 fully saturated rings. The second kappa shape index (κ2) is 8.23. The first-order chi connectivity index (χ1) is 9.16. The molecule has 6 heteroatoms. The van der Waals surface area contributed by atoms with Crippen molar-refractivity contribution >= 4 is 23.2 Å². The maximum absolute atomic E-state index is 11.6. The van der Waals surface area contributed by atoms with Crippen molar-refractivity contribution in [2.75, 3.05) is 0 Å². The van der Waals surface area contributed by atoms with Gasteiger partial charge in [-0.3, -0.25) is 4.79 Å². The van der Waals surface area contributed by atoms with Crippen LogP contribution in [0, 0.1) is 11.3 Å². The molecule has 0 bridgehead atoms. The van der Waals surface area contributed by atoms with Gasteiger partial charge in [-0.25, -0.2) is 4.21 Å². The number of aliphatic carboxylic acids is 1. The Bertz CT molecular complexity index is 550. The zero-order chi connectivity index (χ0) is 15.8. The minimum Gasteiger partial charge on any atom is -0.481 e. The first-order valence-electron chi connectivity index (χ1n) is 5.82. The third kappa shape index (κ3) is 8.16.